The fourth-order valence-electron chi connectivity index (χ4n) is 4.92. The van der Waals surface area contributed by atoms with Crippen molar-refractivity contribution in [2.75, 3.05) is 6.61 Å². The van der Waals surface area contributed by atoms with Gasteiger partial charge in [-0.15, -0.1) is 0 Å². The number of rotatable bonds is 30. The first kappa shape index (κ1) is 41.6. The van der Waals surface area contributed by atoms with Crippen LogP contribution in [0.4, 0.5) is 0 Å². The van der Waals surface area contributed by atoms with Gasteiger partial charge in [0, 0.05) is 11.6 Å². The molecular weight excluding hydrogens is 508 g/mol. The van der Waals surface area contributed by atoms with E-state index in [0.29, 0.717) is 12.2 Å². The molecule has 0 unspecified atom stereocenters. The number of ether oxygens (including phenoxy) is 1. The summed E-state index contributed by atoms with van der Waals surface area (Å²) in [6.07, 6.45) is 39.0. The second-order valence-corrected chi connectivity index (χ2v) is 11.8. The molecular formula is C37H70O4. The summed E-state index contributed by atoms with van der Waals surface area (Å²) in [6, 6.07) is 0. The summed E-state index contributed by atoms with van der Waals surface area (Å²) in [5, 5.41) is 8.75. The highest BCUT2D eigenvalue weighted by atomic mass is 16.5. The van der Waals surface area contributed by atoms with E-state index in [1.54, 1.807) is 6.92 Å². The van der Waals surface area contributed by atoms with E-state index in [1.165, 1.54) is 160 Å². The Kier molecular flexibility index (Phi) is 36.9. The van der Waals surface area contributed by atoms with Gasteiger partial charge in [-0.2, -0.15) is 0 Å². The first-order valence-corrected chi connectivity index (χ1v) is 17.7. The largest absolute Gasteiger partial charge is 0.478 e. The van der Waals surface area contributed by atoms with Crippen LogP contribution in [0.5, 0.6) is 0 Å². The summed E-state index contributed by atoms with van der Waals surface area (Å²) in [5.74, 6) is -1.09. The maximum absolute atomic E-state index is 10.7. The van der Waals surface area contributed by atoms with E-state index in [-0.39, 0.29) is 5.97 Å². The van der Waals surface area contributed by atoms with Crippen LogP contribution in [0.3, 0.4) is 0 Å². The van der Waals surface area contributed by atoms with E-state index in [2.05, 4.69) is 20.4 Å². The number of hydrogen-bond acceptors (Lipinski definition) is 3. The van der Waals surface area contributed by atoms with E-state index in [0.717, 1.165) is 19.3 Å². The topological polar surface area (TPSA) is 63.6 Å². The van der Waals surface area contributed by atoms with Crippen molar-refractivity contribution in [1.82, 2.24) is 0 Å². The van der Waals surface area contributed by atoms with Crippen molar-refractivity contribution in [3.8, 4) is 0 Å². The van der Waals surface area contributed by atoms with Gasteiger partial charge in [0.2, 0.25) is 0 Å². The molecule has 4 heteroatoms. The molecule has 0 heterocycles. The van der Waals surface area contributed by atoms with Gasteiger partial charge in [0.05, 0.1) is 6.61 Å². The lowest BCUT2D eigenvalue weighted by Gasteiger charge is -2.03. The van der Waals surface area contributed by atoms with E-state index >= 15 is 0 Å². The Morgan fingerprint density at radius 2 is 0.878 bits per heavy atom. The van der Waals surface area contributed by atoms with Crippen LogP contribution in [-0.4, -0.2) is 23.7 Å². The number of hydrogen-bond donors (Lipinski definition) is 1. The molecule has 0 fully saturated rings. The van der Waals surface area contributed by atoms with Crippen LogP contribution in [0.1, 0.15) is 194 Å². The summed E-state index contributed by atoms with van der Waals surface area (Å²) >= 11 is 0. The molecule has 242 valence electrons. The predicted molar refractivity (Wildman–Crippen MR) is 179 cm³/mol. The third kappa shape index (κ3) is 38.4. The predicted octanol–water partition coefficient (Wildman–Crippen LogP) is 12.3. The van der Waals surface area contributed by atoms with Gasteiger partial charge in [-0.1, -0.05) is 181 Å². The molecule has 0 aliphatic carbocycles. The van der Waals surface area contributed by atoms with Crippen LogP contribution in [0.15, 0.2) is 24.3 Å². The van der Waals surface area contributed by atoms with Gasteiger partial charge in [-0.25, -0.2) is 9.59 Å². The minimum atomic E-state index is -0.786. The summed E-state index contributed by atoms with van der Waals surface area (Å²) in [5.41, 5.74) is 0.482. The molecule has 0 saturated carbocycles. The second-order valence-electron chi connectivity index (χ2n) is 11.8. The van der Waals surface area contributed by atoms with Crippen molar-refractivity contribution in [3.63, 3.8) is 0 Å². The molecule has 0 aliphatic heterocycles. The van der Waals surface area contributed by atoms with Gasteiger partial charge in [-0.3, -0.25) is 0 Å². The van der Waals surface area contributed by atoms with Crippen molar-refractivity contribution < 1.29 is 19.4 Å². The summed E-state index contributed by atoms with van der Waals surface area (Å²) in [7, 11) is 0. The van der Waals surface area contributed by atoms with Gasteiger partial charge in [0.1, 0.15) is 0 Å². The van der Waals surface area contributed by atoms with E-state index < -0.39 is 5.97 Å². The fourth-order valence-corrected chi connectivity index (χ4v) is 4.92. The zero-order valence-electron chi connectivity index (χ0n) is 27.8. The Labute approximate surface area is 256 Å². The van der Waals surface area contributed by atoms with Gasteiger partial charge in [0.25, 0.3) is 0 Å². The number of carbonyl (C=O) groups is 2. The normalized spacial score (nSPS) is 11.1. The molecule has 0 bridgehead atoms. The Balaban J connectivity index is 0. The lowest BCUT2D eigenvalue weighted by atomic mass is 10.0. The van der Waals surface area contributed by atoms with Crippen molar-refractivity contribution in [2.24, 2.45) is 0 Å². The van der Waals surface area contributed by atoms with E-state index in [1.807, 2.05) is 6.08 Å². The van der Waals surface area contributed by atoms with Crippen molar-refractivity contribution in [3.05, 3.63) is 24.3 Å². The Morgan fingerprint density at radius 3 is 1.20 bits per heavy atom. The number of aliphatic carboxylic acids is 1. The summed E-state index contributed by atoms with van der Waals surface area (Å²) < 4.78 is 4.91. The molecule has 0 rings (SSSR count). The van der Waals surface area contributed by atoms with Crippen molar-refractivity contribution >= 4 is 11.9 Å². The zero-order valence-corrected chi connectivity index (χ0v) is 27.8. The molecule has 1 N–H and O–H groups in total. The zero-order chi connectivity index (χ0) is 30.7. The summed E-state index contributed by atoms with van der Waals surface area (Å²) in [4.78, 5) is 21.4. The Hall–Kier alpha value is -1.58. The number of unbranched alkanes of at least 4 members (excludes halogenated alkanes) is 25. The molecule has 0 aromatic rings. The maximum atomic E-state index is 10.7. The highest BCUT2D eigenvalue weighted by Crippen LogP contribution is 2.14. The van der Waals surface area contributed by atoms with Crippen molar-refractivity contribution in [1.29, 1.82) is 0 Å². The lowest BCUT2D eigenvalue weighted by molar-refractivity contribution is -0.138. The average Bonchev–Trinajstić information content (AvgIpc) is 2.97. The van der Waals surface area contributed by atoms with Gasteiger partial charge in [-0.05, 0) is 26.2 Å². The molecule has 0 amide bonds. The maximum Gasteiger partial charge on any atom is 0.330 e. The summed E-state index contributed by atoms with van der Waals surface area (Å²) in [6.45, 7) is 10.1. The van der Waals surface area contributed by atoms with Crippen LogP contribution in [0.2, 0.25) is 0 Å². The molecule has 41 heavy (non-hydrogen) atoms. The molecule has 0 atom stereocenters. The third-order valence-electron chi connectivity index (χ3n) is 7.75. The highest BCUT2D eigenvalue weighted by Gasteiger charge is 1.99. The van der Waals surface area contributed by atoms with Crippen LogP contribution < -0.4 is 0 Å². The molecule has 0 saturated heterocycles. The second kappa shape index (κ2) is 36.4. The quantitative estimate of drug-likeness (QED) is 0.0523. The molecule has 0 aliphatic rings. The Morgan fingerprint density at radius 1 is 0.561 bits per heavy atom. The molecule has 0 aromatic heterocycles. The standard InChI is InChI=1S/C22H42O2.C15H28O2/c1-3-4-5-6-7-8-9-10-11-12-13-14-15-16-17-18-19-20-21(2)22(23)24;1-3-5-6-7-8-9-10-11-12-13-14-17-15(16)4-2/h20H,3-19H2,1-2H3,(H,23,24);4H,2-3,5-14H2,1H3. The molecule has 4 nitrogen and oxygen atoms in total. The minimum absolute atomic E-state index is 0.305. The first-order chi connectivity index (χ1) is 20.0. The van der Waals surface area contributed by atoms with E-state index in [9.17, 15) is 9.59 Å². The lowest BCUT2D eigenvalue weighted by Crippen LogP contribution is -2.01. The molecule has 0 radical (unpaired) electrons. The third-order valence-corrected chi connectivity index (χ3v) is 7.75. The van der Waals surface area contributed by atoms with Crippen LogP contribution in [-0.2, 0) is 14.3 Å². The number of carboxylic acids is 1. The van der Waals surface area contributed by atoms with Crippen LogP contribution >= 0.6 is 0 Å². The van der Waals surface area contributed by atoms with Crippen molar-refractivity contribution in [2.45, 2.75) is 194 Å². The Bertz CT molecular complexity index is 596. The first-order valence-electron chi connectivity index (χ1n) is 17.7. The number of carboxylic acid groups (broad SMARTS) is 1. The number of allylic oxidation sites excluding steroid dienone is 1. The monoisotopic (exact) mass is 579 g/mol. The molecule has 0 spiro atoms. The van der Waals surface area contributed by atoms with Gasteiger partial charge in [0.15, 0.2) is 0 Å². The number of carbonyl (C=O) groups excluding carboxylic acids is 1. The van der Waals surface area contributed by atoms with Gasteiger partial charge < -0.3 is 9.84 Å². The minimum Gasteiger partial charge on any atom is -0.478 e. The average molecular weight is 579 g/mol. The van der Waals surface area contributed by atoms with Crippen LogP contribution in [0.25, 0.3) is 0 Å². The smallest absolute Gasteiger partial charge is 0.330 e. The van der Waals surface area contributed by atoms with Gasteiger partial charge >= 0.3 is 11.9 Å². The molecule has 0 aromatic carbocycles. The highest BCUT2D eigenvalue weighted by molar-refractivity contribution is 5.85. The van der Waals surface area contributed by atoms with E-state index in [4.69, 9.17) is 9.84 Å². The fraction of sp³-hybridized carbons (Fsp3) is 0.838. The SMILES string of the molecule is C=CC(=O)OCCCCCCCCCCCC.CCCCCCCCCCCCCCCCCCC=C(C)C(=O)O. The number of esters is 1. The van der Waals surface area contributed by atoms with Crippen LogP contribution in [0, 0.1) is 0 Å².